The molecule has 0 fully saturated rings. The summed E-state index contributed by atoms with van der Waals surface area (Å²) in [5, 5.41) is 0.366. The van der Waals surface area contributed by atoms with Crippen molar-refractivity contribution in [1.82, 2.24) is 0 Å². The number of hydrogen-bond donors (Lipinski definition) is 3. The Morgan fingerprint density at radius 2 is 1.45 bits per heavy atom. The van der Waals surface area contributed by atoms with Gasteiger partial charge in [-0.05, 0) is 0 Å². The second-order valence-corrected chi connectivity index (χ2v) is 8.90. The molecule has 1 aromatic rings. The molecule has 1 aromatic carbocycles. The molecule has 20 heavy (non-hydrogen) atoms. The number of aryl methyl sites for hydroxylation is 1. The van der Waals surface area contributed by atoms with Crippen molar-refractivity contribution in [3.05, 3.63) is 29.8 Å². The Balaban J connectivity index is 2.91. The Kier molecular flexibility index (Phi) is 6.60. The SMILES string of the molecule is CCCCCc1ccccc1P(O)(O)(O)CCCCC. The third-order valence-electron chi connectivity index (χ3n) is 3.71. The molecule has 0 heterocycles. The quantitative estimate of drug-likeness (QED) is 0.483. The zero-order valence-electron chi connectivity index (χ0n) is 12.8. The Hall–Kier alpha value is -0.470. The topological polar surface area (TPSA) is 60.7 Å². The van der Waals surface area contributed by atoms with Crippen molar-refractivity contribution in [2.24, 2.45) is 0 Å². The van der Waals surface area contributed by atoms with Crippen molar-refractivity contribution in [1.29, 1.82) is 0 Å². The molecule has 4 heteroatoms. The summed E-state index contributed by atoms with van der Waals surface area (Å²) in [6.45, 7) is 4.20. The fraction of sp³-hybridized carbons (Fsp3) is 0.625. The van der Waals surface area contributed by atoms with Crippen molar-refractivity contribution in [2.45, 2.75) is 58.8 Å². The molecule has 0 unspecified atom stereocenters. The minimum absolute atomic E-state index is 0.0736. The van der Waals surface area contributed by atoms with E-state index in [4.69, 9.17) is 0 Å². The van der Waals surface area contributed by atoms with E-state index in [0.717, 1.165) is 44.1 Å². The summed E-state index contributed by atoms with van der Waals surface area (Å²) in [5.74, 6) is 0. The van der Waals surface area contributed by atoms with E-state index in [9.17, 15) is 14.7 Å². The van der Waals surface area contributed by atoms with Crippen LogP contribution in [0.1, 0.15) is 57.9 Å². The van der Waals surface area contributed by atoms with Gasteiger partial charge in [-0.1, -0.05) is 0 Å². The van der Waals surface area contributed by atoms with Crippen LogP contribution in [-0.4, -0.2) is 20.8 Å². The van der Waals surface area contributed by atoms with Gasteiger partial charge in [0.15, 0.2) is 0 Å². The predicted molar refractivity (Wildman–Crippen MR) is 87.3 cm³/mol. The monoisotopic (exact) mass is 300 g/mol. The average molecular weight is 300 g/mol. The van der Waals surface area contributed by atoms with E-state index in [0.29, 0.717) is 11.7 Å². The molecule has 0 saturated carbocycles. The van der Waals surface area contributed by atoms with Gasteiger partial charge in [-0.2, -0.15) is 0 Å². The van der Waals surface area contributed by atoms with Crippen LogP contribution in [0.4, 0.5) is 0 Å². The van der Waals surface area contributed by atoms with Crippen molar-refractivity contribution >= 4 is 12.6 Å². The normalized spacial score (nSPS) is 13.9. The first-order valence-corrected chi connectivity index (χ1v) is 10.0. The van der Waals surface area contributed by atoms with Crippen LogP contribution in [0.3, 0.4) is 0 Å². The Bertz CT molecular complexity index is 410. The third-order valence-corrected chi connectivity index (χ3v) is 6.27. The molecule has 0 aliphatic heterocycles. The van der Waals surface area contributed by atoms with Gasteiger partial charge < -0.3 is 0 Å². The molecule has 0 spiro atoms. The minimum atomic E-state index is -4.70. The molecular weight excluding hydrogens is 271 g/mol. The van der Waals surface area contributed by atoms with Gasteiger partial charge in [0, 0.05) is 0 Å². The van der Waals surface area contributed by atoms with E-state index in [1.807, 2.05) is 12.1 Å². The number of unbranched alkanes of at least 4 members (excludes halogenated alkanes) is 4. The molecule has 0 radical (unpaired) electrons. The first-order valence-electron chi connectivity index (χ1n) is 7.73. The molecule has 0 amide bonds. The number of benzene rings is 1. The van der Waals surface area contributed by atoms with Crippen LogP contribution in [-0.2, 0) is 6.42 Å². The average Bonchev–Trinajstić information content (AvgIpc) is 2.39. The predicted octanol–water partition coefficient (Wildman–Crippen LogP) is 3.51. The molecule has 0 aromatic heterocycles. The van der Waals surface area contributed by atoms with Crippen LogP contribution in [0.25, 0.3) is 0 Å². The molecule has 1 rings (SSSR count). The second kappa shape index (κ2) is 7.51. The summed E-state index contributed by atoms with van der Waals surface area (Å²) in [6, 6.07) is 7.23. The first-order chi connectivity index (χ1) is 9.39. The fourth-order valence-electron chi connectivity index (χ4n) is 2.51. The van der Waals surface area contributed by atoms with Crippen LogP contribution >= 0.6 is 7.28 Å². The van der Waals surface area contributed by atoms with Gasteiger partial charge in [0.2, 0.25) is 0 Å². The summed E-state index contributed by atoms with van der Waals surface area (Å²) in [5.41, 5.74) is 0.877. The molecule has 0 aliphatic rings. The zero-order chi connectivity index (χ0) is 15.1. The molecule has 3 N–H and O–H groups in total. The molecule has 3 nitrogen and oxygen atoms in total. The molecule has 0 saturated heterocycles. The van der Waals surface area contributed by atoms with E-state index < -0.39 is 7.28 Å². The van der Waals surface area contributed by atoms with Gasteiger partial charge in [-0.3, -0.25) is 0 Å². The van der Waals surface area contributed by atoms with Gasteiger partial charge in [0.25, 0.3) is 0 Å². The van der Waals surface area contributed by atoms with Gasteiger partial charge in [-0.15, -0.1) is 0 Å². The Morgan fingerprint density at radius 1 is 0.850 bits per heavy atom. The summed E-state index contributed by atoms with van der Waals surface area (Å²) in [6.07, 6.45) is 6.64. The standard InChI is InChI=1S/C16H29O3P/c1-3-5-7-11-15-12-8-9-13-16(15)20(17,18,19)14-10-6-4-2/h8-9,12-13,17-19H,3-7,10-11,14H2,1-2H3. The summed E-state index contributed by atoms with van der Waals surface area (Å²) >= 11 is 0. The maximum absolute atomic E-state index is 10.5. The van der Waals surface area contributed by atoms with E-state index in [2.05, 4.69) is 13.8 Å². The Labute approximate surface area is 122 Å². The van der Waals surface area contributed by atoms with Gasteiger partial charge in [-0.25, -0.2) is 0 Å². The van der Waals surface area contributed by atoms with Crippen molar-refractivity contribution in [3.8, 4) is 0 Å². The van der Waals surface area contributed by atoms with Crippen molar-refractivity contribution in [2.75, 3.05) is 6.16 Å². The van der Waals surface area contributed by atoms with Crippen molar-refractivity contribution in [3.63, 3.8) is 0 Å². The van der Waals surface area contributed by atoms with E-state index >= 15 is 0 Å². The molecular formula is C16H29O3P. The van der Waals surface area contributed by atoms with E-state index in [1.54, 1.807) is 12.1 Å². The molecule has 0 aliphatic carbocycles. The van der Waals surface area contributed by atoms with Gasteiger partial charge in [0.05, 0.1) is 0 Å². The van der Waals surface area contributed by atoms with Crippen LogP contribution in [0.15, 0.2) is 24.3 Å². The van der Waals surface area contributed by atoms with Crippen molar-refractivity contribution < 1.29 is 14.7 Å². The van der Waals surface area contributed by atoms with Crippen LogP contribution in [0.5, 0.6) is 0 Å². The molecule has 0 atom stereocenters. The second-order valence-electron chi connectivity index (χ2n) is 5.67. The zero-order valence-corrected chi connectivity index (χ0v) is 13.6. The fourth-order valence-corrected chi connectivity index (χ4v) is 4.72. The first kappa shape index (κ1) is 17.6. The van der Waals surface area contributed by atoms with Crippen LogP contribution in [0.2, 0.25) is 0 Å². The summed E-state index contributed by atoms with van der Waals surface area (Å²) in [7, 11) is -4.70. The number of hydrogen-bond acceptors (Lipinski definition) is 3. The van der Waals surface area contributed by atoms with E-state index in [1.165, 1.54) is 0 Å². The Morgan fingerprint density at radius 3 is 2.10 bits per heavy atom. The maximum atomic E-state index is 10.5. The van der Waals surface area contributed by atoms with Gasteiger partial charge in [0.1, 0.15) is 0 Å². The third kappa shape index (κ3) is 5.14. The summed E-state index contributed by atoms with van der Waals surface area (Å²) in [4.78, 5) is 31.4. The van der Waals surface area contributed by atoms with E-state index in [-0.39, 0.29) is 6.16 Å². The number of rotatable bonds is 9. The van der Waals surface area contributed by atoms with Crippen LogP contribution in [0, 0.1) is 0 Å². The molecule has 0 bridgehead atoms. The van der Waals surface area contributed by atoms with Crippen LogP contribution < -0.4 is 5.30 Å². The summed E-state index contributed by atoms with van der Waals surface area (Å²) < 4.78 is 0. The van der Waals surface area contributed by atoms with Gasteiger partial charge >= 0.3 is 122 Å². The molecule has 116 valence electrons.